The smallest absolute Gasteiger partial charge is 0.258 e. The average Bonchev–Trinajstić information content (AvgIpc) is 3.02. The van der Waals surface area contributed by atoms with Crippen LogP contribution in [0.1, 0.15) is 15.9 Å². The maximum atomic E-state index is 12.9. The molecule has 0 aliphatic carbocycles. The Balaban J connectivity index is 1.60. The SMILES string of the molecule is O=C(Nc1nnc(SCc2ccc(F)cc2)s1)c1ccccc1Br. The van der Waals surface area contributed by atoms with Gasteiger partial charge >= 0.3 is 0 Å². The summed E-state index contributed by atoms with van der Waals surface area (Å²) in [5.74, 6) is 0.165. The Morgan fingerprint density at radius 3 is 2.67 bits per heavy atom. The van der Waals surface area contributed by atoms with E-state index in [0.29, 0.717) is 16.4 Å². The van der Waals surface area contributed by atoms with Crippen molar-refractivity contribution in [2.24, 2.45) is 0 Å². The van der Waals surface area contributed by atoms with E-state index in [1.807, 2.05) is 6.07 Å². The standard InChI is InChI=1S/C16H11BrFN3OS2/c17-13-4-2-1-3-12(13)14(22)19-15-20-21-16(24-15)23-9-10-5-7-11(18)8-6-10/h1-8H,9H2,(H,19,20,22). The van der Waals surface area contributed by atoms with Gasteiger partial charge in [0.1, 0.15) is 5.82 Å². The molecule has 0 aliphatic heterocycles. The summed E-state index contributed by atoms with van der Waals surface area (Å²) in [6.07, 6.45) is 0. The minimum atomic E-state index is -0.253. The summed E-state index contributed by atoms with van der Waals surface area (Å²) in [7, 11) is 0. The van der Waals surface area contributed by atoms with Crippen molar-refractivity contribution in [1.29, 1.82) is 0 Å². The molecule has 0 spiro atoms. The van der Waals surface area contributed by atoms with E-state index in [1.54, 1.807) is 30.3 Å². The van der Waals surface area contributed by atoms with Crippen LogP contribution in [0.25, 0.3) is 0 Å². The Hall–Kier alpha value is -1.77. The largest absolute Gasteiger partial charge is 0.296 e. The third-order valence-electron chi connectivity index (χ3n) is 3.02. The number of halogens is 2. The van der Waals surface area contributed by atoms with Gasteiger partial charge in [0, 0.05) is 10.2 Å². The average molecular weight is 424 g/mol. The van der Waals surface area contributed by atoms with Crippen LogP contribution in [0.4, 0.5) is 9.52 Å². The number of anilines is 1. The molecule has 3 rings (SSSR count). The van der Waals surface area contributed by atoms with Crippen LogP contribution in [0.3, 0.4) is 0 Å². The van der Waals surface area contributed by atoms with Crippen LogP contribution in [0, 0.1) is 5.82 Å². The molecule has 24 heavy (non-hydrogen) atoms. The Bertz CT molecular complexity index is 855. The van der Waals surface area contributed by atoms with E-state index in [0.717, 1.165) is 14.4 Å². The molecule has 122 valence electrons. The van der Waals surface area contributed by atoms with Gasteiger partial charge in [-0.05, 0) is 45.8 Å². The lowest BCUT2D eigenvalue weighted by atomic mass is 10.2. The summed E-state index contributed by atoms with van der Waals surface area (Å²) in [5, 5.41) is 11.2. The molecule has 3 aromatic rings. The molecular formula is C16H11BrFN3OS2. The highest BCUT2D eigenvalue weighted by atomic mass is 79.9. The van der Waals surface area contributed by atoms with Crippen molar-refractivity contribution >= 4 is 50.1 Å². The molecule has 0 saturated heterocycles. The summed E-state index contributed by atoms with van der Waals surface area (Å²) in [6.45, 7) is 0. The first-order valence-electron chi connectivity index (χ1n) is 6.88. The molecule has 1 aromatic heterocycles. The zero-order chi connectivity index (χ0) is 16.9. The van der Waals surface area contributed by atoms with Gasteiger partial charge in [0.25, 0.3) is 5.91 Å². The quantitative estimate of drug-likeness (QED) is 0.464. The predicted octanol–water partition coefficient (Wildman–Crippen LogP) is 4.98. The van der Waals surface area contributed by atoms with E-state index in [9.17, 15) is 9.18 Å². The van der Waals surface area contributed by atoms with Crippen molar-refractivity contribution in [1.82, 2.24) is 10.2 Å². The number of benzene rings is 2. The number of amides is 1. The summed E-state index contributed by atoms with van der Waals surface area (Å²) in [4.78, 5) is 12.2. The van der Waals surface area contributed by atoms with Crippen LogP contribution in [0.2, 0.25) is 0 Å². The van der Waals surface area contributed by atoms with Gasteiger partial charge in [0.05, 0.1) is 5.56 Å². The Morgan fingerprint density at radius 1 is 1.17 bits per heavy atom. The molecule has 1 heterocycles. The first-order chi connectivity index (χ1) is 11.6. The topological polar surface area (TPSA) is 54.9 Å². The highest BCUT2D eigenvalue weighted by Crippen LogP contribution is 2.29. The van der Waals surface area contributed by atoms with E-state index in [4.69, 9.17) is 0 Å². The van der Waals surface area contributed by atoms with Gasteiger partial charge in [0.2, 0.25) is 5.13 Å². The second-order valence-corrected chi connectivity index (χ2v) is 7.78. The normalized spacial score (nSPS) is 10.6. The van der Waals surface area contributed by atoms with Gasteiger partial charge in [-0.1, -0.05) is 47.4 Å². The molecule has 0 aliphatic rings. The number of hydrogen-bond acceptors (Lipinski definition) is 5. The van der Waals surface area contributed by atoms with Gasteiger partial charge in [-0.25, -0.2) is 4.39 Å². The van der Waals surface area contributed by atoms with Crippen LogP contribution in [0.15, 0.2) is 57.3 Å². The van der Waals surface area contributed by atoms with Gasteiger partial charge in [-0.3, -0.25) is 10.1 Å². The molecule has 1 N–H and O–H groups in total. The monoisotopic (exact) mass is 423 g/mol. The first-order valence-corrected chi connectivity index (χ1v) is 9.48. The third kappa shape index (κ3) is 4.40. The van der Waals surface area contributed by atoms with Crippen molar-refractivity contribution < 1.29 is 9.18 Å². The molecule has 0 radical (unpaired) electrons. The fourth-order valence-corrected chi connectivity index (χ4v) is 4.02. The number of carbonyl (C=O) groups excluding carboxylic acids is 1. The second kappa shape index (κ2) is 7.87. The van der Waals surface area contributed by atoms with Crippen LogP contribution in [-0.2, 0) is 5.75 Å². The lowest BCUT2D eigenvalue weighted by molar-refractivity contribution is 0.102. The van der Waals surface area contributed by atoms with E-state index >= 15 is 0 Å². The molecule has 0 atom stereocenters. The summed E-state index contributed by atoms with van der Waals surface area (Å²) in [5.41, 5.74) is 1.53. The molecule has 4 nitrogen and oxygen atoms in total. The fraction of sp³-hybridized carbons (Fsp3) is 0.0625. The first kappa shape index (κ1) is 17.1. The zero-order valence-corrected chi connectivity index (χ0v) is 15.4. The minimum Gasteiger partial charge on any atom is -0.296 e. The summed E-state index contributed by atoms with van der Waals surface area (Å²) < 4.78 is 14.3. The van der Waals surface area contributed by atoms with E-state index < -0.39 is 0 Å². The number of nitrogens with zero attached hydrogens (tertiary/aromatic N) is 2. The number of thioether (sulfide) groups is 1. The van der Waals surface area contributed by atoms with Crippen molar-refractivity contribution in [3.63, 3.8) is 0 Å². The number of aromatic nitrogens is 2. The lowest BCUT2D eigenvalue weighted by Gasteiger charge is -2.02. The van der Waals surface area contributed by atoms with E-state index in [-0.39, 0.29) is 11.7 Å². The van der Waals surface area contributed by atoms with Crippen LogP contribution >= 0.6 is 39.0 Å². The summed E-state index contributed by atoms with van der Waals surface area (Å²) >= 11 is 6.14. The highest BCUT2D eigenvalue weighted by Gasteiger charge is 2.12. The van der Waals surface area contributed by atoms with Crippen molar-refractivity contribution in [2.45, 2.75) is 10.1 Å². The fourth-order valence-electron chi connectivity index (χ4n) is 1.85. The summed E-state index contributed by atoms with van der Waals surface area (Å²) in [6, 6.07) is 13.5. The lowest BCUT2D eigenvalue weighted by Crippen LogP contribution is -2.12. The highest BCUT2D eigenvalue weighted by molar-refractivity contribution is 9.10. The van der Waals surface area contributed by atoms with Gasteiger partial charge < -0.3 is 0 Å². The molecule has 0 saturated carbocycles. The van der Waals surface area contributed by atoms with Crippen molar-refractivity contribution in [2.75, 3.05) is 5.32 Å². The maximum Gasteiger partial charge on any atom is 0.258 e. The molecule has 8 heteroatoms. The van der Waals surface area contributed by atoms with Crippen molar-refractivity contribution in [3.8, 4) is 0 Å². The number of carbonyl (C=O) groups is 1. The van der Waals surface area contributed by atoms with Crippen LogP contribution in [-0.4, -0.2) is 16.1 Å². The number of rotatable bonds is 5. The molecule has 0 bridgehead atoms. The molecular weight excluding hydrogens is 413 g/mol. The Morgan fingerprint density at radius 2 is 1.92 bits per heavy atom. The Labute approximate surface area is 154 Å². The van der Waals surface area contributed by atoms with E-state index in [1.165, 1.54) is 35.2 Å². The van der Waals surface area contributed by atoms with Gasteiger partial charge in [-0.15, -0.1) is 10.2 Å². The minimum absolute atomic E-state index is 0.242. The molecule has 0 unspecified atom stereocenters. The predicted molar refractivity (Wildman–Crippen MR) is 98.0 cm³/mol. The van der Waals surface area contributed by atoms with Gasteiger partial charge in [-0.2, -0.15) is 0 Å². The number of hydrogen-bond donors (Lipinski definition) is 1. The molecule has 2 aromatic carbocycles. The molecule has 0 fully saturated rings. The number of nitrogens with one attached hydrogen (secondary N) is 1. The zero-order valence-electron chi connectivity index (χ0n) is 12.2. The Kier molecular flexibility index (Phi) is 5.60. The third-order valence-corrected chi connectivity index (χ3v) is 5.76. The van der Waals surface area contributed by atoms with Gasteiger partial charge in [0.15, 0.2) is 4.34 Å². The maximum absolute atomic E-state index is 12.9. The van der Waals surface area contributed by atoms with Crippen LogP contribution in [0.5, 0.6) is 0 Å². The molecule has 1 amide bonds. The van der Waals surface area contributed by atoms with Crippen molar-refractivity contribution in [3.05, 3.63) is 69.9 Å². The second-order valence-electron chi connectivity index (χ2n) is 4.72. The van der Waals surface area contributed by atoms with Crippen LogP contribution < -0.4 is 5.32 Å². The van der Waals surface area contributed by atoms with E-state index in [2.05, 4.69) is 31.4 Å².